The quantitative estimate of drug-likeness (QED) is 0.439. The molecule has 0 saturated heterocycles. The molecule has 9 heavy (non-hydrogen) atoms. The topological polar surface area (TPSA) is 20.3 Å². The summed E-state index contributed by atoms with van der Waals surface area (Å²) in [5, 5.41) is -1.66. The third-order valence-electron chi connectivity index (χ3n) is 0.798. The molecule has 0 fully saturated rings. The minimum atomic E-state index is -3.54. The Kier molecular flexibility index (Phi) is 2.51. The van der Waals surface area contributed by atoms with E-state index in [1.165, 1.54) is 0 Å². The lowest BCUT2D eigenvalue weighted by molar-refractivity contribution is -0.158. The van der Waals surface area contributed by atoms with E-state index in [1.807, 2.05) is 0 Å². The van der Waals surface area contributed by atoms with Crippen LogP contribution in [0.25, 0.3) is 0 Å². The van der Waals surface area contributed by atoms with Gasteiger partial charge in [-0.25, -0.2) is 4.90 Å². The van der Waals surface area contributed by atoms with E-state index in [0.717, 1.165) is 14.1 Å². The molecule has 0 N–H and O–H groups in total. The predicted octanol–water partition coefficient (Wildman–Crippen LogP) is 0.906. The average molecular weight is 158 g/mol. The zero-order valence-electron chi connectivity index (χ0n) is 4.99. The lowest BCUT2D eigenvalue weighted by atomic mass is 10.5. The van der Waals surface area contributed by atoms with Crippen LogP contribution in [0, 0.1) is 0 Å². The summed E-state index contributed by atoms with van der Waals surface area (Å²) >= 11 is 4.53. The lowest BCUT2D eigenvalue weighted by Gasteiger charge is -2.18. The first-order chi connectivity index (χ1) is 3.89. The first-order valence-electron chi connectivity index (χ1n) is 2.14. The van der Waals surface area contributed by atoms with Crippen LogP contribution >= 0.6 is 11.6 Å². The van der Waals surface area contributed by atoms with Gasteiger partial charge in [-0.2, -0.15) is 8.78 Å². The molecule has 0 amide bonds. The maximum Gasteiger partial charge on any atom is 0.378 e. The van der Waals surface area contributed by atoms with Crippen LogP contribution in [0.5, 0.6) is 0 Å². The molecule has 0 aromatic heterocycles. The molecule has 0 aromatic rings. The highest BCUT2D eigenvalue weighted by Gasteiger charge is 2.39. The van der Waals surface area contributed by atoms with Crippen LogP contribution in [0.2, 0.25) is 0 Å². The third kappa shape index (κ3) is 1.87. The Bertz CT molecular complexity index is 126. The molecule has 0 bridgehead atoms. The number of nitrogens with zero attached hydrogens (tertiary/aromatic N) is 1. The van der Waals surface area contributed by atoms with E-state index in [2.05, 4.69) is 11.6 Å². The molecule has 0 aliphatic rings. The standard InChI is InChI=1S/C4H6ClF2NO/c1-8(2)4(6,7)3(5)9/h1-2H3. The summed E-state index contributed by atoms with van der Waals surface area (Å²) in [4.78, 5) is 10.3. The van der Waals surface area contributed by atoms with Crippen LogP contribution in [0.1, 0.15) is 0 Å². The van der Waals surface area contributed by atoms with Crippen molar-refractivity contribution >= 4 is 16.8 Å². The normalized spacial score (nSPS) is 12.2. The molecule has 54 valence electrons. The van der Waals surface area contributed by atoms with Gasteiger partial charge in [0.05, 0.1) is 0 Å². The number of likely N-dealkylation sites (N-methyl/N-ethyl adjacent to an activating group) is 1. The van der Waals surface area contributed by atoms with Gasteiger partial charge in [0.1, 0.15) is 0 Å². The Morgan fingerprint density at radius 3 is 1.89 bits per heavy atom. The van der Waals surface area contributed by atoms with E-state index in [-0.39, 0.29) is 0 Å². The smallest absolute Gasteiger partial charge is 0.273 e. The SMILES string of the molecule is CN(C)C(F)(F)C(=O)Cl. The molecule has 0 spiro atoms. The largest absolute Gasteiger partial charge is 0.378 e. The van der Waals surface area contributed by atoms with Crippen molar-refractivity contribution in [2.45, 2.75) is 6.05 Å². The summed E-state index contributed by atoms with van der Waals surface area (Å²) in [6.07, 6.45) is 0. The number of hydrogen-bond acceptors (Lipinski definition) is 2. The zero-order valence-corrected chi connectivity index (χ0v) is 5.75. The van der Waals surface area contributed by atoms with Gasteiger partial charge >= 0.3 is 11.3 Å². The highest BCUT2D eigenvalue weighted by molar-refractivity contribution is 6.65. The van der Waals surface area contributed by atoms with Gasteiger partial charge < -0.3 is 0 Å². The van der Waals surface area contributed by atoms with Gasteiger partial charge in [-0.15, -0.1) is 0 Å². The second-order valence-electron chi connectivity index (χ2n) is 1.71. The van der Waals surface area contributed by atoms with E-state index in [9.17, 15) is 13.6 Å². The summed E-state index contributed by atoms with van der Waals surface area (Å²) in [5.41, 5.74) is 0. The first-order valence-corrected chi connectivity index (χ1v) is 2.52. The molecular weight excluding hydrogens is 151 g/mol. The third-order valence-corrected chi connectivity index (χ3v) is 1.03. The molecule has 0 atom stereocenters. The zero-order chi connectivity index (χ0) is 7.65. The minimum absolute atomic E-state index is 0.447. The van der Waals surface area contributed by atoms with E-state index in [1.54, 1.807) is 0 Å². The van der Waals surface area contributed by atoms with Crippen molar-refractivity contribution in [2.75, 3.05) is 14.1 Å². The average Bonchev–Trinajstić information content (AvgIpc) is 1.65. The molecule has 0 aliphatic heterocycles. The van der Waals surface area contributed by atoms with E-state index >= 15 is 0 Å². The Hall–Kier alpha value is -0.220. The summed E-state index contributed by atoms with van der Waals surface area (Å²) in [5.74, 6) is 0. The fraction of sp³-hybridized carbons (Fsp3) is 0.750. The van der Waals surface area contributed by atoms with Crippen LogP contribution in [-0.4, -0.2) is 30.3 Å². The van der Waals surface area contributed by atoms with Crippen molar-refractivity contribution in [2.24, 2.45) is 0 Å². The Labute approximate surface area is 56.4 Å². The number of carbonyl (C=O) groups is 1. The van der Waals surface area contributed by atoms with Gasteiger partial charge in [-0.1, -0.05) is 0 Å². The first kappa shape index (κ1) is 8.78. The fourth-order valence-corrected chi connectivity index (χ4v) is 0.345. The number of carbonyl (C=O) groups excluding carboxylic acids is 1. The minimum Gasteiger partial charge on any atom is -0.273 e. The molecule has 5 heteroatoms. The van der Waals surface area contributed by atoms with Crippen LogP contribution < -0.4 is 0 Å². The molecule has 0 aliphatic carbocycles. The highest BCUT2D eigenvalue weighted by atomic mass is 35.5. The lowest BCUT2D eigenvalue weighted by Crippen LogP contribution is -2.40. The molecule has 0 aromatic carbocycles. The molecule has 0 unspecified atom stereocenters. The van der Waals surface area contributed by atoms with Crippen LogP contribution in [0.4, 0.5) is 8.78 Å². The maximum absolute atomic E-state index is 12.1. The summed E-state index contributed by atoms with van der Waals surface area (Å²) in [6.45, 7) is 0. The molecule has 0 radical (unpaired) electrons. The number of alkyl halides is 2. The Morgan fingerprint density at radius 1 is 1.56 bits per heavy atom. The number of halogens is 3. The predicted molar refractivity (Wildman–Crippen MR) is 29.5 cm³/mol. The van der Waals surface area contributed by atoms with Gasteiger partial charge in [0.15, 0.2) is 0 Å². The maximum atomic E-state index is 12.1. The van der Waals surface area contributed by atoms with Crippen LogP contribution in [0.3, 0.4) is 0 Å². The highest BCUT2D eigenvalue weighted by Crippen LogP contribution is 2.18. The monoisotopic (exact) mass is 157 g/mol. The van der Waals surface area contributed by atoms with E-state index in [4.69, 9.17) is 0 Å². The second-order valence-corrected chi connectivity index (χ2v) is 2.05. The van der Waals surface area contributed by atoms with Gasteiger partial charge in [0.25, 0.3) is 0 Å². The van der Waals surface area contributed by atoms with Crippen molar-refractivity contribution in [1.82, 2.24) is 4.90 Å². The summed E-state index contributed by atoms with van der Waals surface area (Å²) in [7, 11) is 2.14. The number of hydrogen-bond donors (Lipinski definition) is 0. The van der Waals surface area contributed by atoms with Gasteiger partial charge in [0, 0.05) is 0 Å². The molecule has 0 heterocycles. The van der Waals surface area contributed by atoms with Gasteiger partial charge in [0.2, 0.25) is 0 Å². The number of rotatable bonds is 2. The van der Waals surface area contributed by atoms with Crippen molar-refractivity contribution < 1.29 is 13.6 Å². The second kappa shape index (κ2) is 2.58. The molecule has 2 nitrogen and oxygen atoms in total. The van der Waals surface area contributed by atoms with Gasteiger partial charge in [-0.3, -0.25) is 4.79 Å². The summed E-state index contributed by atoms with van der Waals surface area (Å²) < 4.78 is 24.2. The van der Waals surface area contributed by atoms with Crippen molar-refractivity contribution in [3.63, 3.8) is 0 Å². The fourth-order valence-electron chi connectivity index (χ4n) is 0.176. The van der Waals surface area contributed by atoms with Gasteiger partial charge in [-0.05, 0) is 25.7 Å². The van der Waals surface area contributed by atoms with Crippen molar-refractivity contribution in [1.29, 1.82) is 0 Å². The Morgan fingerprint density at radius 2 is 1.89 bits per heavy atom. The van der Waals surface area contributed by atoms with E-state index in [0.29, 0.717) is 4.90 Å². The van der Waals surface area contributed by atoms with E-state index < -0.39 is 11.3 Å². The van der Waals surface area contributed by atoms with Crippen LogP contribution in [0.15, 0.2) is 0 Å². The van der Waals surface area contributed by atoms with Crippen molar-refractivity contribution in [3.05, 3.63) is 0 Å². The molecular formula is C4H6ClF2NO. The molecule has 0 rings (SSSR count). The van der Waals surface area contributed by atoms with Crippen LogP contribution in [-0.2, 0) is 4.79 Å². The van der Waals surface area contributed by atoms with Crippen molar-refractivity contribution in [3.8, 4) is 0 Å². The Balaban J connectivity index is 4.19. The molecule has 0 saturated carbocycles. The summed E-state index contributed by atoms with van der Waals surface area (Å²) in [6, 6.07) is -3.54.